The summed E-state index contributed by atoms with van der Waals surface area (Å²) in [6.07, 6.45) is 3.27. The summed E-state index contributed by atoms with van der Waals surface area (Å²) in [7, 11) is 0. The van der Waals surface area contributed by atoms with E-state index in [1.54, 1.807) is 29.2 Å². The van der Waals surface area contributed by atoms with Crippen molar-refractivity contribution >= 4 is 40.2 Å². The minimum absolute atomic E-state index is 0.273. The molecule has 0 saturated carbocycles. The van der Waals surface area contributed by atoms with Crippen molar-refractivity contribution in [3.05, 3.63) is 80.4 Å². The number of anilines is 1. The molecule has 2 N–H and O–H groups in total. The van der Waals surface area contributed by atoms with Crippen LogP contribution in [0.1, 0.15) is 11.3 Å². The van der Waals surface area contributed by atoms with Gasteiger partial charge in [-0.3, -0.25) is 19.4 Å². The molecule has 7 nitrogen and oxygen atoms in total. The first-order valence-electron chi connectivity index (χ1n) is 8.14. The van der Waals surface area contributed by atoms with Crippen molar-refractivity contribution in [3.8, 4) is 0 Å². The summed E-state index contributed by atoms with van der Waals surface area (Å²) in [5, 5.41) is 8.32. The smallest absolute Gasteiger partial charge is 0.278 e. The number of pyridine rings is 1. The van der Waals surface area contributed by atoms with Gasteiger partial charge in [0.1, 0.15) is 5.52 Å². The van der Waals surface area contributed by atoms with Gasteiger partial charge in [0.25, 0.3) is 5.56 Å². The Hall–Kier alpha value is -2.90. The maximum Gasteiger partial charge on any atom is 0.278 e. The third-order valence-corrected chi connectivity index (χ3v) is 4.72. The SMILES string of the molecule is O=c1[nH]c(NCc2ccc(Cl)c(Cl)c2)nc2cnn(Cc3ccccn3)c12. The molecule has 9 heteroatoms. The van der Waals surface area contributed by atoms with Gasteiger partial charge in [-0.05, 0) is 29.8 Å². The van der Waals surface area contributed by atoms with Crippen LogP contribution in [-0.4, -0.2) is 24.7 Å². The van der Waals surface area contributed by atoms with Crippen molar-refractivity contribution < 1.29 is 0 Å². The van der Waals surface area contributed by atoms with Crippen LogP contribution in [0.4, 0.5) is 5.95 Å². The molecule has 0 aliphatic rings. The largest absolute Gasteiger partial charge is 0.352 e. The molecule has 0 aliphatic heterocycles. The Labute approximate surface area is 164 Å². The zero-order valence-electron chi connectivity index (χ0n) is 14.0. The molecule has 0 aliphatic carbocycles. The highest BCUT2D eigenvalue weighted by Gasteiger charge is 2.11. The van der Waals surface area contributed by atoms with Gasteiger partial charge < -0.3 is 5.32 Å². The van der Waals surface area contributed by atoms with E-state index in [0.29, 0.717) is 40.1 Å². The molecule has 0 atom stereocenters. The Bertz CT molecular complexity index is 1160. The first kappa shape index (κ1) is 17.5. The first-order valence-corrected chi connectivity index (χ1v) is 8.89. The fourth-order valence-corrected chi connectivity index (χ4v) is 3.01. The van der Waals surface area contributed by atoms with Crippen molar-refractivity contribution in [1.29, 1.82) is 0 Å². The van der Waals surface area contributed by atoms with Crippen molar-refractivity contribution in [3.63, 3.8) is 0 Å². The van der Waals surface area contributed by atoms with E-state index >= 15 is 0 Å². The maximum absolute atomic E-state index is 12.5. The molecule has 1 aromatic carbocycles. The second-order valence-corrected chi connectivity index (χ2v) is 6.69. The maximum atomic E-state index is 12.5. The van der Waals surface area contributed by atoms with Crippen LogP contribution in [0.5, 0.6) is 0 Å². The monoisotopic (exact) mass is 400 g/mol. The van der Waals surface area contributed by atoms with Gasteiger partial charge >= 0.3 is 0 Å². The quantitative estimate of drug-likeness (QED) is 0.535. The fourth-order valence-electron chi connectivity index (χ4n) is 2.69. The number of H-pyrrole nitrogens is 1. The molecular formula is C18H14Cl2N6O. The lowest BCUT2D eigenvalue weighted by Gasteiger charge is -2.07. The summed E-state index contributed by atoms with van der Waals surface area (Å²) in [5.41, 5.74) is 2.36. The minimum Gasteiger partial charge on any atom is -0.352 e. The van der Waals surface area contributed by atoms with Gasteiger partial charge in [0.2, 0.25) is 5.95 Å². The normalized spacial score (nSPS) is 11.0. The van der Waals surface area contributed by atoms with Crippen LogP contribution in [0.3, 0.4) is 0 Å². The third kappa shape index (κ3) is 3.79. The topological polar surface area (TPSA) is 88.5 Å². The predicted molar refractivity (Wildman–Crippen MR) is 105 cm³/mol. The summed E-state index contributed by atoms with van der Waals surface area (Å²) in [4.78, 5) is 23.9. The Morgan fingerprint density at radius 2 is 2.04 bits per heavy atom. The van der Waals surface area contributed by atoms with E-state index < -0.39 is 0 Å². The van der Waals surface area contributed by atoms with E-state index in [4.69, 9.17) is 23.2 Å². The summed E-state index contributed by atoms with van der Waals surface area (Å²) in [5.74, 6) is 0.357. The van der Waals surface area contributed by atoms with E-state index in [2.05, 4.69) is 25.4 Å². The zero-order chi connectivity index (χ0) is 18.8. The lowest BCUT2D eigenvalue weighted by atomic mass is 10.2. The van der Waals surface area contributed by atoms with Gasteiger partial charge in [-0.2, -0.15) is 5.10 Å². The highest BCUT2D eigenvalue weighted by atomic mass is 35.5. The zero-order valence-corrected chi connectivity index (χ0v) is 15.5. The molecule has 3 aromatic heterocycles. The highest BCUT2D eigenvalue weighted by Crippen LogP contribution is 2.22. The minimum atomic E-state index is -0.273. The summed E-state index contributed by atoms with van der Waals surface area (Å²) in [6, 6.07) is 10.9. The Kier molecular flexibility index (Phi) is 4.79. The number of fused-ring (bicyclic) bond motifs is 1. The summed E-state index contributed by atoms with van der Waals surface area (Å²) >= 11 is 11.9. The molecule has 4 rings (SSSR count). The van der Waals surface area contributed by atoms with Crippen molar-refractivity contribution in [2.24, 2.45) is 0 Å². The predicted octanol–water partition coefficient (Wildman–Crippen LogP) is 3.48. The number of hydrogen-bond donors (Lipinski definition) is 2. The van der Waals surface area contributed by atoms with Gasteiger partial charge in [0, 0.05) is 12.7 Å². The Balaban J connectivity index is 1.57. The Morgan fingerprint density at radius 1 is 1.15 bits per heavy atom. The molecule has 0 unspecified atom stereocenters. The van der Waals surface area contributed by atoms with Crippen LogP contribution in [0, 0.1) is 0 Å². The number of hydrogen-bond acceptors (Lipinski definition) is 5. The van der Waals surface area contributed by atoms with Gasteiger partial charge in [0.15, 0.2) is 5.52 Å². The fraction of sp³-hybridized carbons (Fsp3) is 0.111. The molecule has 0 spiro atoms. The van der Waals surface area contributed by atoms with Crippen LogP contribution < -0.4 is 10.9 Å². The average Bonchev–Trinajstić information content (AvgIpc) is 3.07. The Morgan fingerprint density at radius 3 is 2.81 bits per heavy atom. The van der Waals surface area contributed by atoms with Crippen LogP contribution in [0.2, 0.25) is 10.0 Å². The molecule has 0 amide bonds. The van der Waals surface area contributed by atoms with E-state index in [1.165, 1.54) is 0 Å². The molecule has 0 radical (unpaired) electrons. The second-order valence-electron chi connectivity index (χ2n) is 5.87. The van der Waals surface area contributed by atoms with Crippen LogP contribution in [0.25, 0.3) is 11.0 Å². The standard InChI is InChI=1S/C18H14Cl2N6O/c19-13-5-4-11(7-14(13)20)8-22-18-24-15-9-23-26(16(15)17(27)25-18)10-12-3-1-2-6-21-12/h1-7,9H,8,10H2,(H2,22,24,25,27). The third-order valence-electron chi connectivity index (χ3n) is 3.98. The van der Waals surface area contributed by atoms with Crippen LogP contribution >= 0.6 is 23.2 Å². The number of nitrogens with one attached hydrogen (secondary N) is 2. The molecule has 0 saturated heterocycles. The van der Waals surface area contributed by atoms with Gasteiger partial charge in [-0.15, -0.1) is 0 Å². The van der Waals surface area contributed by atoms with Gasteiger partial charge in [-0.1, -0.05) is 35.3 Å². The van der Waals surface area contributed by atoms with E-state index in [9.17, 15) is 4.79 Å². The van der Waals surface area contributed by atoms with E-state index in [-0.39, 0.29) is 5.56 Å². The molecule has 27 heavy (non-hydrogen) atoms. The average molecular weight is 401 g/mol. The van der Waals surface area contributed by atoms with Gasteiger partial charge in [-0.25, -0.2) is 4.98 Å². The number of halogens is 2. The molecule has 3 heterocycles. The van der Waals surface area contributed by atoms with Crippen molar-refractivity contribution in [2.75, 3.05) is 5.32 Å². The number of nitrogens with zero attached hydrogens (tertiary/aromatic N) is 4. The molecule has 136 valence electrons. The second kappa shape index (κ2) is 7.38. The van der Waals surface area contributed by atoms with E-state index in [1.807, 2.05) is 24.3 Å². The summed E-state index contributed by atoms with van der Waals surface area (Å²) < 4.78 is 1.59. The lowest BCUT2D eigenvalue weighted by molar-refractivity contribution is 0.693. The number of rotatable bonds is 5. The first-order chi connectivity index (χ1) is 13.1. The number of aromatic amines is 1. The highest BCUT2D eigenvalue weighted by molar-refractivity contribution is 6.42. The van der Waals surface area contributed by atoms with E-state index in [0.717, 1.165) is 11.3 Å². The molecule has 4 aromatic rings. The molecular weight excluding hydrogens is 387 g/mol. The van der Waals surface area contributed by atoms with Crippen LogP contribution in [-0.2, 0) is 13.1 Å². The van der Waals surface area contributed by atoms with Crippen molar-refractivity contribution in [2.45, 2.75) is 13.1 Å². The molecule has 0 bridgehead atoms. The summed E-state index contributed by atoms with van der Waals surface area (Å²) in [6.45, 7) is 0.832. The van der Waals surface area contributed by atoms with Gasteiger partial charge in [0.05, 0.1) is 28.5 Å². The molecule has 0 fully saturated rings. The number of benzene rings is 1. The lowest BCUT2D eigenvalue weighted by Crippen LogP contribution is -2.16. The van der Waals surface area contributed by atoms with Crippen molar-refractivity contribution in [1.82, 2.24) is 24.7 Å². The number of aromatic nitrogens is 5. The van der Waals surface area contributed by atoms with Crippen LogP contribution in [0.15, 0.2) is 53.6 Å².